The topological polar surface area (TPSA) is 91.7 Å². The van der Waals surface area contributed by atoms with Gasteiger partial charge in [0.05, 0.1) is 25.6 Å². The summed E-state index contributed by atoms with van der Waals surface area (Å²) in [4.78, 5) is 25.3. The number of hydrogen-bond acceptors (Lipinski definition) is 6. The number of carbonyl (C=O) groups excluding carboxylic acids is 2. The first-order chi connectivity index (χ1) is 9.75. The van der Waals surface area contributed by atoms with Gasteiger partial charge >= 0.3 is 12.1 Å². The number of likely N-dealkylation sites (tertiary alicyclic amines) is 1. The number of alkyl carbamates (subject to hydrolysis) is 1. The van der Waals surface area contributed by atoms with Gasteiger partial charge in [-0.2, -0.15) is 5.26 Å². The number of ether oxygens (including phenoxy) is 2. The van der Waals surface area contributed by atoms with Gasteiger partial charge < -0.3 is 14.8 Å². The minimum atomic E-state index is -0.577. The van der Waals surface area contributed by atoms with Crippen LogP contribution in [0.4, 0.5) is 4.79 Å². The molecule has 1 aliphatic heterocycles. The van der Waals surface area contributed by atoms with Crippen LogP contribution < -0.4 is 5.32 Å². The zero-order valence-electron chi connectivity index (χ0n) is 13.0. The standard InChI is InChI=1S/C14H23N3O4/c1-14(2,3)21-13(19)16-11-7-10(12(18)20-4)8-17(9-11)6-5-15/h10-11H,6-9H2,1-4H3,(H,16,19). The lowest BCUT2D eigenvalue weighted by atomic mass is 9.94. The Morgan fingerprint density at radius 1 is 1.38 bits per heavy atom. The molecule has 118 valence electrons. The Balaban J connectivity index is 2.65. The molecule has 2 atom stereocenters. The van der Waals surface area contributed by atoms with Gasteiger partial charge in [0.25, 0.3) is 0 Å². The molecule has 0 spiro atoms. The normalized spacial score (nSPS) is 23.0. The number of methoxy groups -OCH3 is 1. The highest BCUT2D eigenvalue weighted by atomic mass is 16.6. The zero-order valence-corrected chi connectivity index (χ0v) is 13.0. The van der Waals surface area contributed by atoms with E-state index in [1.54, 1.807) is 20.8 Å². The summed E-state index contributed by atoms with van der Waals surface area (Å²) in [6.45, 7) is 6.54. The molecule has 2 unspecified atom stereocenters. The van der Waals surface area contributed by atoms with Gasteiger partial charge in [0, 0.05) is 19.1 Å². The van der Waals surface area contributed by atoms with Crippen LogP contribution in [-0.4, -0.2) is 55.3 Å². The summed E-state index contributed by atoms with van der Waals surface area (Å²) in [7, 11) is 1.34. The molecule has 0 aromatic heterocycles. The fourth-order valence-electron chi connectivity index (χ4n) is 2.34. The van der Waals surface area contributed by atoms with E-state index in [0.717, 1.165) is 0 Å². The molecular formula is C14H23N3O4. The van der Waals surface area contributed by atoms with Gasteiger partial charge in [-0.15, -0.1) is 0 Å². The van der Waals surface area contributed by atoms with Crippen molar-refractivity contribution in [3.05, 3.63) is 0 Å². The van der Waals surface area contributed by atoms with Crippen LogP contribution >= 0.6 is 0 Å². The lowest BCUT2D eigenvalue weighted by Crippen LogP contribution is -2.53. The maximum Gasteiger partial charge on any atom is 0.407 e. The van der Waals surface area contributed by atoms with Gasteiger partial charge in [0.15, 0.2) is 0 Å². The van der Waals surface area contributed by atoms with E-state index < -0.39 is 11.7 Å². The molecule has 0 aromatic rings. The molecule has 1 rings (SSSR count). The van der Waals surface area contributed by atoms with Crippen LogP contribution in [0, 0.1) is 17.2 Å². The lowest BCUT2D eigenvalue weighted by Gasteiger charge is -2.35. The number of rotatable bonds is 3. The van der Waals surface area contributed by atoms with Crippen molar-refractivity contribution in [3.63, 3.8) is 0 Å². The number of nitrogens with one attached hydrogen (secondary N) is 1. The number of nitrogens with zero attached hydrogens (tertiary/aromatic N) is 2. The fourth-order valence-corrected chi connectivity index (χ4v) is 2.34. The third-order valence-corrected chi connectivity index (χ3v) is 3.08. The van der Waals surface area contributed by atoms with Gasteiger partial charge in [-0.05, 0) is 27.2 Å². The van der Waals surface area contributed by atoms with Gasteiger partial charge in [-0.3, -0.25) is 9.69 Å². The number of nitriles is 1. The molecular weight excluding hydrogens is 274 g/mol. The molecule has 0 radical (unpaired) electrons. The molecule has 21 heavy (non-hydrogen) atoms. The van der Waals surface area contributed by atoms with Crippen LogP contribution in [-0.2, 0) is 14.3 Å². The Labute approximate surface area is 125 Å². The first-order valence-corrected chi connectivity index (χ1v) is 6.92. The molecule has 7 heteroatoms. The number of hydrogen-bond donors (Lipinski definition) is 1. The van der Waals surface area contributed by atoms with Gasteiger partial charge in [-0.1, -0.05) is 0 Å². The lowest BCUT2D eigenvalue weighted by molar-refractivity contribution is -0.147. The average molecular weight is 297 g/mol. The van der Waals surface area contributed by atoms with Crippen molar-refractivity contribution in [3.8, 4) is 6.07 Å². The van der Waals surface area contributed by atoms with Crippen molar-refractivity contribution in [2.45, 2.75) is 38.8 Å². The second-order valence-corrected chi connectivity index (χ2v) is 6.15. The van der Waals surface area contributed by atoms with Crippen molar-refractivity contribution in [1.82, 2.24) is 10.2 Å². The Morgan fingerprint density at radius 3 is 2.57 bits per heavy atom. The summed E-state index contributed by atoms with van der Waals surface area (Å²) in [5.41, 5.74) is -0.577. The molecule has 0 aromatic carbocycles. The fraction of sp³-hybridized carbons (Fsp3) is 0.786. The van der Waals surface area contributed by atoms with E-state index in [0.29, 0.717) is 19.5 Å². The monoisotopic (exact) mass is 297 g/mol. The molecule has 0 bridgehead atoms. The Hall–Kier alpha value is -1.81. The van der Waals surface area contributed by atoms with E-state index in [4.69, 9.17) is 14.7 Å². The third kappa shape index (κ3) is 6.00. The predicted molar refractivity (Wildman–Crippen MR) is 75.3 cm³/mol. The van der Waals surface area contributed by atoms with Crippen molar-refractivity contribution < 1.29 is 19.1 Å². The molecule has 1 aliphatic rings. The Kier molecular flexibility index (Phi) is 5.97. The van der Waals surface area contributed by atoms with Crippen LogP contribution in [0.1, 0.15) is 27.2 Å². The van der Waals surface area contributed by atoms with E-state index in [1.165, 1.54) is 7.11 Å². The molecule has 0 aliphatic carbocycles. The smallest absolute Gasteiger partial charge is 0.407 e. The van der Waals surface area contributed by atoms with Crippen LogP contribution in [0.2, 0.25) is 0 Å². The highest BCUT2D eigenvalue weighted by Crippen LogP contribution is 2.18. The summed E-state index contributed by atoms with van der Waals surface area (Å²) < 4.78 is 9.97. The molecule has 1 amide bonds. The SMILES string of the molecule is COC(=O)C1CC(NC(=O)OC(C)(C)C)CN(CC#N)C1. The second-order valence-electron chi connectivity index (χ2n) is 6.15. The summed E-state index contributed by atoms with van der Waals surface area (Å²) in [5.74, 6) is -0.675. The molecule has 1 N–H and O–H groups in total. The minimum Gasteiger partial charge on any atom is -0.469 e. The van der Waals surface area contributed by atoms with Crippen LogP contribution in [0.15, 0.2) is 0 Å². The van der Waals surface area contributed by atoms with E-state index in [1.807, 2.05) is 4.90 Å². The summed E-state index contributed by atoms with van der Waals surface area (Å²) in [6.07, 6.45) is -0.0386. The van der Waals surface area contributed by atoms with E-state index in [-0.39, 0.29) is 24.5 Å². The minimum absolute atomic E-state index is 0.208. The Bertz CT molecular complexity index is 425. The quantitative estimate of drug-likeness (QED) is 0.614. The number of amides is 1. The van der Waals surface area contributed by atoms with E-state index >= 15 is 0 Å². The summed E-state index contributed by atoms with van der Waals surface area (Å²) >= 11 is 0. The summed E-state index contributed by atoms with van der Waals surface area (Å²) in [5, 5.41) is 11.6. The average Bonchev–Trinajstić information content (AvgIpc) is 2.35. The first-order valence-electron chi connectivity index (χ1n) is 6.92. The van der Waals surface area contributed by atoms with Crippen LogP contribution in [0.3, 0.4) is 0 Å². The van der Waals surface area contributed by atoms with Gasteiger partial charge in [0.1, 0.15) is 5.60 Å². The molecule has 7 nitrogen and oxygen atoms in total. The zero-order chi connectivity index (χ0) is 16.0. The maximum atomic E-state index is 11.8. The van der Waals surface area contributed by atoms with Crippen LogP contribution in [0.5, 0.6) is 0 Å². The van der Waals surface area contributed by atoms with Crippen LogP contribution in [0.25, 0.3) is 0 Å². The van der Waals surface area contributed by atoms with E-state index in [9.17, 15) is 9.59 Å². The molecule has 0 saturated carbocycles. The largest absolute Gasteiger partial charge is 0.469 e. The summed E-state index contributed by atoms with van der Waals surface area (Å²) in [6, 6.07) is 1.81. The second kappa shape index (κ2) is 7.27. The first kappa shape index (κ1) is 17.2. The van der Waals surface area contributed by atoms with Crippen molar-refractivity contribution in [2.24, 2.45) is 5.92 Å². The van der Waals surface area contributed by atoms with Gasteiger partial charge in [-0.25, -0.2) is 4.79 Å². The highest BCUT2D eigenvalue weighted by Gasteiger charge is 2.33. The number of piperidine rings is 1. The third-order valence-electron chi connectivity index (χ3n) is 3.08. The predicted octanol–water partition coefficient (Wildman–Crippen LogP) is 0.898. The van der Waals surface area contributed by atoms with E-state index in [2.05, 4.69) is 11.4 Å². The number of esters is 1. The number of carbonyl (C=O) groups is 2. The maximum absolute atomic E-state index is 11.8. The van der Waals surface area contributed by atoms with Crippen molar-refractivity contribution >= 4 is 12.1 Å². The molecule has 1 fully saturated rings. The highest BCUT2D eigenvalue weighted by molar-refractivity contribution is 5.73. The molecule has 1 heterocycles. The Morgan fingerprint density at radius 2 is 2.05 bits per heavy atom. The molecule has 1 saturated heterocycles. The van der Waals surface area contributed by atoms with Gasteiger partial charge in [0.2, 0.25) is 0 Å². The van der Waals surface area contributed by atoms with Crippen molar-refractivity contribution in [1.29, 1.82) is 5.26 Å². The van der Waals surface area contributed by atoms with Crippen molar-refractivity contribution in [2.75, 3.05) is 26.7 Å².